The molecule has 0 unspecified atom stereocenters. The molecule has 1 amide bonds. The highest BCUT2D eigenvalue weighted by Crippen LogP contribution is 2.26. The average Bonchev–Trinajstić information content (AvgIpc) is 2.47. The van der Waals surface area contributed by atoms with Gasteiger partial charge in [-0.15, -0.1) is 11.8 Å². The molecule has 0 spiro atoms. The van der Waals surface area contributed by atoms with Gasteiger partial charge < -0.3 is 5.32 Å². The lowest BCUT2D eigenvalue weighted by Crippen LogP contribution is -2.14. The number of halogens is 1. The Kier molecular flexibility index (Phi) is 4.54. The minimum absolute atomic E-state index is 0.334. The first-order valence-corrected chi connectivity index (χ1v) is 7.13. The molecule has 0 aliphatic heterocycles. The van der Waals surface area contributed by atoms with Gasteiger partial charge in [0.05, 0.1) is 16.2 Å². The maximum absolute atomic E-state index is 13.7. The average molecular weight is 306 g/mol. The molecule has 0 radical (unpaired) electrons. The number of rotatable bonds is 4. The van der Waals surface area contributed by atoms with E-state index in [4.69, 9.17) is 0 Å². The van der Waals surface area contributed by atoms with Crippen molar-refractivity contribution in [2.45, 2.75) is 4.90 Å². The Morgan fingerprint density at radius 1 is 1.29 bits per heavy atom. The minimum atomic E-state index is -0.806. The Morgan fingerprint density at radius 2 is 2.00 bits per heavy atom. The molecule has 2 aromatic carbocycles. The van der Waals surface area contributed by atoms with Crippen molar-refractivity contribution in [3.05, 3.63) is 64.0 Å². The maximum atomic E-state index is 13.7. The molecule has 1 N–H and O–H groups in total. The third-order valence-corrected chi connectivity index (χ3v) is 3.56. The Bertz CT molecular complexity index is 706. The number of hydrogen-bond donors (Lipinski definition) is 1. The number of carbonyl (C=O) groups is 1. The lowest BCUT2D eigenvalue weighted by atomic mass is 10.1. The number of anilines is 1. The molecule has 0 bridgehead atoms. The van der Waals surface area contributed by atoms with Crippen molar-refractivity contribution >= 4 is 29.0 Å². The van der Waals surface area contributed by atoms with Crippen LogP contribution in [0.5, 0.6) is 0 Å². The van der Waals surface area contributed by atoms with Crippen molar-refractivity contribution in [2.24, 2.45) is 0 Å². The van der Waals surface area contributed by atoms with Crippen molar-refractivity contribution in [2.75, 3.05) is 11.6 Å². The van der Waals surface area contributed by atoms with E-state index in [0.29, 0.717) is 5.69 Å². The van der Waals surface area contributed by atoms with Gasteiger partial charge in [-0.3, -0.25) is 14.9 Å². The third kappa shape index (κ3) is 3.38. The molecule has 0 atom stereocenters. The molecular weight excluding hydrogens is 295 g/mol. The predicted octanol–water partition coefficient (Wildman–Crippen LogP) is 3.71. The van der Waals surface area contributed by atoms with E-state index in [-0.39, 0.29) is 11.3 Å². The zero-order valence-corrected chi connectivity index (χ0v) is 11.8. The van der Waals surface area contributed by atoms with Crippen LogP contribution in [-0.4, -0.2) is 17.1 Å². The molecule has 0 heterocycles. The van der Waals surface area contributed by atoms with Crippen LogP contribution in [0.3, 0.4) is 0 Å². The number of nitrogens with one attached hydrogen (secondary N) is 1. The zero-order chi connectivity index (χ0) is 15.4. The highest BCUT2D eigenvalue weighted by atomic mass is 32.2. The van der Waals surface area contributed by atoms with Gasteiger partial charge in [0.1, 0.15) is 5.82 Å². The summed E-state index contributed by atoms with van der Waals surface area (Å²) in [6.45, 7) is 0. The van der Waals surface area contributed by atoms with Crippen molar-refractivity contribution in [1.29, 1.82) is 0 Å². The first-order chi connectivity index (χ1) is 10.0. The van der Waals surface area contributed by atoms with E-state index in [2.05, 4.69) is 5.32 Å². The normalized spacial score (nSPS) is 10.2. The topological polar surface area (TPSA) is 72.2 Å². The molecule has 5 nitrogen and oxygen atoms in total. The van der Waals surface area contributed by atoms with Crippen LogP contribution in [-0.2, 0) is 0 Å². The van der Waals surface area contributed by atoms with E-state index >= 15 is 0 Å². The number of para-hydroxylation sites is 1. The number of hydrogen-bond acceptors (Lipinski definition) is 4. The van der Waals surface area contributed by atoms with Crippen LogP contribution >= 0.6 is 11.8 Å². The monoisotopic (exact) mass is 306 g/mol. The summed E-state index contributed by atoms with van der Waals surface area (Å²) in [5, 5.41) is 13.3. The third-order valence-electron chi connectivity index (χ3n) is 2.76. The van der Waals surface area contributed by atoms with Gasteiger partial charge in [-0.25, -0.2) is 4.39 Å². The second kappa shape index (κ2) is 6.36. The fourth-order valence-corrected chi connectivity index (χ4v) is 2.29. The van der Waals surface area contributed by atoms with Crippen molar-refractivity contribution in [1.82, 2.24) is 0 Å². The Labute approximate surface area is 124 Å². The van der Waals surface area contributed by atoms with E-state index in [1.54, 1.807) is 12.1 Å². The van der Waals surface area contributed by atoms with Gasteiger partial charge in [0, 0.05) is 17.0 Å². The van der Waals surface area contributed by atoms with Gasteiger partial charge in [0.15, 0.2) is 0 Å². The molecule has 0 aromatic heterocycles. The second-order valence-corrected chi connectivity index (χ2v) is 4.92. The molecule has 21 heavy (non-hydrogen) atoms. The number of nitrogens with zero attached hydrogens (tertiary/aromatic N) is 1. The lowest BCUT2D eigenvalue weighted by Gasteiger charge is -2.09. The van der Waals surface area contributed by atoms with Gasteiger partial charge in [0.2, 0.25) is 0 Å². The Hall–Kier alpha value is -2.41. The summed E-state index contributed by atoms with van der Waals surface area (Å²) in [7, 11) is 0. The Balaban J connectivity index is 2.32. The summed E-state index contributed by atoms with van der Waals surface area (Å²) in [6.07, 6.45) is 1.85. The van der Waals surface area contributed by atoms with Gasteiger partial charge >= 0.3 is 0 Å². The van der Waals surface area contributed by atoms with Crippen LogP contribution in [0.4, 0.5) is 15.8 Å². The number of amides is 1. The summed E-state index contributed by atoms with van der Waals surface area (Å²) in [5.74, 6) is -1.53. The highest BCUT2D eigenvalue weighted by molar-refractivity contribution is 7.98. The quantitative estimate of drug-likeness (QED) is 0.531. The summed E-state index contributed by atoms with van der Waals surface area (Å²) in [5.41, 5.74) is -0.166. The molecular formula is C14H11FN2O3S. The number of carbonyl (C=O) groups excluding carboxylic acids is 1. The molecule has 0 saturated heterocycles. The summed E-state index contributed by atoms with van der Waals surface area (Å²) < 4.78 is 13.7. The predicted molar refractivity (Wildman–Crippen MR) is 79.2 cm³/mol. The maximum Gasteiger partial charge on any atom is 0.270 e. The fourth-order valence-electron chi connectivity index (χ4n) is 1.74. The number of benzene rings is 2. The SMILES string of the molecule is CSc1ccccc1NC(=O)c1cc([N+](=O)[O-])ccc1F. The molecule has 7 heteroatoms. The smallest absolute Gasteiger partial charge is 0.270 e. The molecule has 0 aliphatic rings. The molecule has 0 aliphatic carbocycles. The molecule has 0 saturated carbocycles. The van der Waals surface area contributed by atoms with Gasteiger partial charge in [0.25, 0.3) is 11.6 Å². The second-order valence-electron chi connectivity index (χ2n) is 4.08. The summed E-state index contributed by atoms with van der Waals surface area (Å²) in [4.78, 5) is 22.9. The van der Waals surface area contributed by atoms with E-state index in [9.17, 15) is 19.3 Å². The number of thioether (sulfide) groups is 1. The summed E-state index contributed by atoms with van der Waals surface area (Å²) >= 11 is 1.43. The lowest BCUT2D eigenvalue weighted by molar-refractivity contribution is -0.384. The first-order valence-electron chi connectivity index (χ1n) is 5.91. The van der Waals surface area contributed by atoms with Crippen LogP contribution < -0.4 is 5.32 Å². The van der Waals surface area contributed by atoms with Crippen LogP contribution in [0.25, 0.3) is 0 Å². The number of nitro groups is 1. The Morgan fingerprint density at radius 3 is 2.67 bits per heavy atom. The fraction of sp³-hybridized carbons (Fsp3) is 0.0714. The van der Waals surface area contributed by atoms with E-state index in [0.717, 1.165) is 23.1 Å². The molecule has 108 valence electrons. The minimum Gasteiger partial charge on any atom is -0.321 e. The van der Waals surface area contributed by atoms with E-state index < -0.39 is 16.6 Å². The molecule has 2 rings (SSSR count). The van der Waals surface area contributed by atoms with Crippen LogP contribution in [0.2, 0.25) is 0 Å². The molecule has 2 aromatic rings. The van der Waals surface area contributed by atoms with E-state index in [1.165, 1.54) is 11.8 Å². The van der Waals surface area contributed by atoms with Crippen LogP contribution in [0, 0.1) is 15.9 Å². The van der Waals surface area contributed by atoms with Crippen LogP contribution in [0.15, 0.2) is 47.4 Å². The molecule has 0 fully saturated rings. The van der Waals surface area contributed by atoms with Gasteiger partial charge in [-0.2, -0.15) is 0 Å². The largest absolute Gasteiger partial charge is 0.321 e. The number of non-ortho nitro benzene ring substituents is 1. The van der Waals surface area contributed by atoms with Gasteiger partial charge in [-0.05, 0) is 24.5 Å². The van der Waals surface area contributed by atoms with Gasteiger partial charge in [-0.1, -0.05) is 12.1 Å². The van der Waals surface area contributed by atoms with Crippen molar-refractivity contribution in [3.63, 3.8) is 0 Å². The van der Waals surface area contributed by atoms with Crippen LogP contribution in [0.1, 0.15) is 10.4 Å². The highest BCUT2D eigenvalue weighted by Gasteiger charge is 2.17. The van der Waals surface area contributed by atoms with Crippen molar-refractivity contribution in [3.8, 4) is 0 Å². The first kappa shape index (κ1) is 15.0. The van der Waals surface area contributed by atoms with E-state index in [1.807, 2.05) is 18.4 Å². The van der Waals surface area contributed by atoms with Crippen molar-refractivity contribution < 1.29 is 14.1 Å². The standard InChI is InChI=1S/C14H11FN2O3S/c1-21-13-5-3-2-4-12(13)16-14(18)10-8-9(17(19)20)6-7-11(10)15/h2-8H,1H3,(H,16,18). The zero-order valence-electron chi connectivity index (χ0n) is 11.0. The number of nitro benzene ring substituents is 1. The summed E-state index contributed by atoms with van der Waals surface area (Å²) in [6, 6.07) is 9.89.